The van der Waals surface area contributed by atoms with Crippen molar-refractivity contribution >= 4 is 17.5 Å². The summed E-state index contributed by atoms with van der Waals surface area (Å²) in [6.45, 7) is 3.04. The summed E-state index contributed by atoms with van der Waals surface area (Å²) >= 11 is 0. The highest BCUT2D eigenvalue weighted by Gasteiger charge is 2.36. The normalized spacial score (nSPS) is 15.7. The quantitative estimate of drug-likeness (QED) is 0.395. The van der Waals surface area contributed by atoms with Crippen LogP contribution in [0.2, 0.25) is 0 Å². The molecule has 7 nitrogen and oxygen atoms in total. The van der Waals surface area contributed by atoms with Crippen molar-refractivity contribution in [1.29, 1.82) is 0 Å². The highest BCUT2D eigenvalue weighted by atomic mass is 19.1. The van der Waals surface area contributed by atoms with Gasteiger partial charge in [-0.25, -0.2) is 4.39 Å². The van der Waals surface area contributed by atoms with Crippen molar-refractivity contribution in [3.05, 3.63) is 83.7 Å². The predicted octanol–water partition coefficient (Wildman–Crippen LogP) is 5.83. The minimum absolute atomic E-state index is 0.0163. The van der Waals surface area contributed by atoms with Crippen LogP contribution in [-0.2, 0) is 4.79 Å². The number of benzene rings is 3. The average molecular weight is 533 g/mol. The first-order valence-corrected chi connectivity index (χ1v) is 13.6. The molecule has 1 fully saturated rings. The number of hydrogen-bond donors (Lipinski definition) is 1. The monoisotopic (exact) mass is 532 g/mol. The van der Waals surface area contributed by atoms with Crippen LogP contribution in [0, 0.1) is 5.82 Å². The minimum atomic E-state index is -1.07. The van der Waals surface area contributed by atoms with Crippen molar-refractivity contribution in [1.82, 2.24) is 5.32 Å². The number of nitrogens with zero attached hydrogens (tertiary/aromatic N) is 1. The third kappa shape index (κ3) is 6.00. The summed E-state index contributed by atoms with van der Waals surface area (Å²) in [7, 11) is 0. The molecule has 0 radical (unpaired) electrons. The Balaban J connectivity index is 1.62. The molecule has 8 heteroatoms. The maximum atomic E-state index is 14.4. The Hall–Kier alpha value is -4.07. The van der Waals surface area contributed by atoms with E-state index in [9.17, 15) is 14.0 Å². The van der Waals surface area contributed by atoms with Crippen LogP contribution in [-0.4, -0.2) is 37.7 Å². The Morgan fingerprint density at radius 3 is 2.44 bits per heavy atom. The summed E-state index contributed by atoms with van der Waals surface area (Å²) in [6.07, 6.45) is 4.99. The molecule has 1 aliphatic heterocycles. The molecule has 5 rings (SSSR count). The fraction of sp³-hybridized carbons (Fsp3) is 0.355. The van der Waals surface area contributed by atoms with Crippen molar-refractivity contribution < 1.29 is 28.2 Å². The first kappa shape index (κ1) is 26.5. The van der Waals surface area contributed by atoms with Gasteiger partial charge in [0.2, 0.25) is 5.91 Å². The second-order valence-corrected chi connectivity index (χ2v) is 9.73. The zero-order chi connectivity index (χ0) is 27.2. The molecule has 1 atom stereocenters. The largest absolute Gasteiger partial charge is 0.492 e. The second kappa shape index (κ2) is 12.2. The Kier molecular flexibility index (Phi) is 8.30. The molecule has 0 unspecified atom stereocenters. The van der Waals surface area contributed by atoms with E-state index in [-0.39, 0.29) is 11.9 Å². The predicted molar refractivity (Wildman–Crippen MR) is 146 cm³/mol. The van der Waals surface area contributed by atoms with Gasteiger partial charge in [-0.3, -0.25) is 14.5 Å². The van der Waals surface area contributed by atoms with Crippen molar-refractivity contribution in [2.45, 2.75) is 51.1 Å². The van der Waals surface area contributed by atoms with Gasteiger partial charge in [0, 0.05) is 11.6 Å². The molecule has 0 bridgehead atoms. The zero-order valence-electron chi connectivity index (χ0n) is 22.0. The number of carbonyl (C=O) groups is 2. The van der Waals surface area contributed by atoms with Gasteiger partial charge in [0.25, 0.3) is 5.91 Å². The van der Waals surface area contributed by atoms with Crippen molar-refractivity contribution in [3.63, 3.8) is 0 Å². The minimum Gasteiger partial charge on any atom is -0.492 e. The van der Waals surface area contributed by atoms with E-state index in [0.29, 0.717) is 53.9 Å². The average Bonchev–Trinajstić information content (AvgIpc) is 2.97. The van der Waals surface area contributed by atoms with Gasteiger partial charge < -0.3 is 19.5 Å². The molecular formula is C31H33FN2O5. The molecule has 0 aromatic heterocycles. The molecule has 2 amide bonds. The molecule has 204 valence electrons. The second-order valence-electron chi connectivity index (χ2n) is 9.73. The van der Waals surface area contributed by atoms with Gasteiger partial charge >= 0.3 is 0 Å². The summed E-state index contributed by atoms with van der Waals surface area (Å²) in [6, 6.07) is 16.8. The van der Waals surface area contributed by atoms with Crippen LogP contribution in [0.1, 0.15) is 61.0 Å². The van der Waals surface area contributed by atoms with E-state index in [1.807, 2.05) is 13.0 Å². The van der Waals surface area contributed by atoms with E-state index >= 15 is 0 Å². The molecule has 39 heavy (non-hydrogen) atoms. The van der Waals surface area contributed by atoms with Crippen molar-refractivity contribution in [2.24, 2.45) is 0 Å². The highest BCUT2D eigenvalue weighted by Crippen LogP contribution is 2.38. The highest BCUT2D eigenvalue weighted by molar-refractivity contribution is 6.11. The Bertz CT molecular complexity index is 1310. The maximum Gasteiger partial charge on any atom is 0.259 e. The van der Waals surface area contributed by atoms with Crippen LogP contribution in [0.4, 0.5) is 10.1 Å². The molecule has 1 saturated carbocycles. The number of carbonyl (C=O) groups excluding carboxylic acids is 2. The Morgan fingerprint density at radius 1 is 0.974 bits per heavy atom. The molecule has 2 aliphatic rings. The van der Waals surface area contributed by atoms with Crippen LogP contribution < -0.4 is 24.4 Å². The van der Waals surface area contributed by atoms with Gasteiger partial charge in [0.1, 0.15) is 30.8 Å². The SMILES string of the molecule is CCOc1ccccc1N(C(=O)c1ccc2c(c1)OCCO2)[C@H](C(=O)NC1CCCCC1)c1ccc(F)cc1. The molecule has 1 N–H and O–H groups in total. The first-order valence-electron chi connectivity index (χ1n) is 13.6. The standard InChI is InChI=1S/C31H33FN2O5/c1-2-37-26-11-7-6-10-25(26)34(31(36)22-14-17-27-28(20-22)39-19-18-38-27)29(21-12-15-23(32)16-13-21)30(35)33-24-8-4-3-5-9-24/h6-7,10-17,20,24,29H,2-5,8-9,18-19H2,1H3,(H,33,35)/t29-/m0/s1. The van der Waals surface area contributed by atoms with E-state index in [2.05, 4.69) is 5.32 Å². The van der Waals surface area contributed by atoms with Gasteiger partial charge in [-0.2, -0.15) is 0 Å². The maximum absolute atomic E-state index is 14.4. The Morgan fingerprint density at radius 2 is 1.69 bits per heavy atom. The van der Waals surface area contributed by atoms with Crippen molar-refractivity contribution in [2.75, 3.05) is 24.7 Å². The van der Waals surface area contributed by atoms with Gasteiger partial charge in [-0.1, -0.05) is 43.5 Å². The van der Waals surface area contributed by atoms with Crippen LogP contribution in [0.25, 0.3) is 0 Å². The summed E-state index contributed by atoms with van der Waals surface area (Å²) in [4.78, 5) is 29.9. The van der Waals surface area contributed by atoms with Gasteiger partial charge in [-0.05, 0) is 67.8 Å². The summed E-state index contributed by atoms with van der Waals surface area (Å²) in [5, 5.41) is 3.18. The number of rotatable bonds is 8. The number of ether oxygens (including phenoxy) is 3. The van der Waals surface area contributed by atoms with E-state index in [0.717, 1.165) is 32.1 Å². The lowest BCUT2D eigenvalue weighted by molar-refractivity contribution is -0.123. The Labute approximate surface area is 227 Å². The number of hydrogen-bond acceptors (Lipinski definition) is 5. The summed E-state index contributed by atoms with van der Waals surface area (Å²) in [5.74, 6) is 0.311. The lowest BCUT2D eigenvalue weighted by Gasteiger charge is -2.34. The topological polar surface area (TPSA) is 77.1 Å². The van der Waals surface area contributed by atoms with Gasteiger partial charge in [-0.15, -0.1) is 0 Å². The van der Waals surface area contributed by atoms with E-state index < -0.39 is 17.8 Å². The number of nitrogens with one attached hydrogen (secondary N) is 1. The number of halogens is 1. The number of fused-ring (bicyclic) bond motifs is 1. The van der Waals surface area contributed by atoms with E-state index in [4.69, 9.17) is 14.2 Å². The molecule has 1 heterocycles. The fourth-order valence-corrected chi connectivity index (χ4v) is 5.20. The van der Waals surface area contributed by atoms with E-state index in [1.165, 1.54) is 17.0 Å². The molecule has 1 aliphatic carbocycles. The molecule has 3 aromatic carbocycles. The zero-order valence-corrected chi connectivity index (χ0v) is 22.0. The van der Waals surface area contributed by atoms with Gasteiger partial charge in [0.15, 0.2) is 11.5 Å². The van der Waals surface area contributed by atoms with E-state index in [1.54, 1.807) is 48.5 Å². The van der Waals surface area contributed by atoms with Crippen LogP contribution in [0.3, 0.4) is 0 Å². The molecule has 3 aromatic rings. The fourth-order valence-electron chi connectivity index (χ4n) is 5.20. The lowest BCUT2D eigenvalue weighted by atomic mass is 9.94. The molecular weight excluding hydrogens is 499 g/mol. The number of amides is 2. The third-order valence-corrected chi connectivity index (χ3v) is 7.08. The smallest absolute Gasteiger partial charge is 0.259 e. The molecule has 0 spiro atoms. The van der Waals surface area contributed by atoms with Crippen LogP contribution in [0.5, 0.6) is 17.2 Å². The van der Waals surface area contributed by atoms with Crippen LogP contribution >= 0.6 is 0 Å². The molecule has 0 saturated heterocycles. The third-order valence-electron chi connectivity index (χ3n) is 7.08. The summed E-state index contributed by atoms with van der Waals surface area (Å²) in [5.41, 5.74) is 1.25. The van der Waals surface area contributed by atoms with Crippen molar-refractivity contribution in [3.8, 4) is 17.2 Å². The van der Waals surface area contributed by atoms with Crippen LogP contribution in [0.15, 0.2) is 66.7 Å². The number of anilines is 1. The lowest BCUT2D eigenvalue weighted by Crippen LogP contribution is -2.47. The summed E-state index contributed by atoms with van der Waals surface area (Å²) < 4.78 is 31.2. The number of para-hydroxylation sites is 2. The van der Waals surface area contributed by atoms with Gasteiger partial charge in [0.05, 0.1) is 12.3 Å². The first-order chi connectivity index (χ1) is 19.0.